The minimum absolute atomic E-state index is 0.231. The van der Waals surface area contributed by atoms with Crippen molar-refractivity contribution < 1.29 is 14.7 Å². The number of amides is 1. The second-order valence-electron chi connectivity index (χ2n) is 6.38. The Bertz CT molecular complexity index is 1170. The van der Waals surface area contributed by atoms with E-state index in [-0.39, 0.29) is 4.32 Å². The Morgan fingerprint density at radius 1 is 1.17 bits per heavy atom. The molecule has 0 unspecified atom stereocenters. The van der Waals surface area contributed by atoms with Crippen LogP contribution in [0.25, 0.3) is 23.0 Å². The molecule has 0 saturated carbocycles. The summed E-state index contributed by atoms with van der Waals surface area (Å²) in [7, 11) is 0. The summed E-state index contributed by atoms with van der Waals surface area (Å²) in [5.41, 5.74) is 3.21. The summed E-state index contributed by atoms with van der Waals surface area (Å²) in [6.07, 6.45) is 3.56. The molecule has 1 aliphatic rings. The molecule has 1 fully saturated rings. The zero-order valence-corrected chi connectivity index (χ0v) is 18.6. The molecular formula is C21H14BrN3O3S2. The molecule has 9 heteroatoms. The summed E-state index contributed by atoms with van der Waals surface area (Å²) in [6, 6.07) is 17.4. The Balaban J connectivity index is 1.78. The van der Waals surface area contributed by atoms with Crippen LogP contribution in [0.1, 0.15) is 5.56 Å². The Labute approximate surface area is 190 Å². The average molecular weight is 500 g/mol. The number of para-hydroxylation sites is 1. The van der Waals surface area contributed by atoms with Gasteiger partial charge in [0.05, 0.1) is 16.3 Å². The summed E-state index contributed by atoms with van der Waals surface area (Å²) in [5.74, 6) is -1.53. The summed E-state index contributed by atoms with van der Waals surface area (Å²) >= 11 is 9.72. The molecule has 0 radical (unpaired) electrons. The number of thioether (sulfide) groups is 1. The van der Waals surface area contributed by atoms with Gasteiger partial charge in [-0.15, -0.1) is 0 Å². The van der Waals surface area contributed by atoms with Gasteiger partial charge in [-0.05, 0) is 30.3 Å². The summed E-state index contributed by atoms with van der Waals surface area (Å²) in [6.45, 7) is -0.454. The molecule has 0 bridgehead atoms. The molecule has 1 saturated heterocycles. The molecule has 1 amide bonds. The topological polar surface area (TPSA) is 75.4 Å². The third-order valence-electron chi connectivity index (χ3n) is 4.33. The van der Waals surface area contributed by atoms with Crippen LogP contribution in [0.4, 0.5) is 0 Å². The van der Waals surface area contributed by atoms with Crippen LogP contribution in [0.3, 0.4) is 0 Å². The van der Waals surface area contributed by atoms with Crippen LogP contribution in [0.5, 0.6) is 0 Å². The van der Waals surface area contributed by atoms with Crippen molar-refractivity contribution in [2.75, 3.05) is 6.54 Å². The summed E-state index contributed by atoms with van der Waals surface area (Å²) in [4.78, 5) is 25.2. The van der Waals surface area contributed by atoms with Crippen molar-refractivity contribution in [3.63, 3.8) is 0 Å². The zero-order valence-electron chi connectivity index (χ0n) is 15.4. The first-order valence-electron chi connectivity index (χ1n) is 8.80. The number of hydrogen-bond acceptors (Lipinski definition) is 5. The quantitative estimate of drug-likeness (QED) is 0.408. The lowest BCUT2D eigenvalue weighted by Crippen LogP contribution is -2.33. The van der Waals surface area contributed by atoms with Gasteiger partial charge in [0.15, 0.2) is 0 Å². The van der Waals surface area contributed by atoms with Gasteiger partial charge in [0.1, 0.15) is 10.9 Å². The lowest BCUT2D eigenvalue weighted by Gasteiger charge is -2.10. The van der Waals surface area contributed by atoms with Gasteiger partial charge in [0.2, 0.25) is 0 Å². The molecular weight excluding hydrogens is 486 g/mol. The number of carboxylic acid groups (broad SMARTS) is 1. The fraction of sp³-hybridized carbons (Fsp3) is 0.0476. The van der Waals surface area contributed by atoms with Crippen LogP contribution in [-0.2, 0) is 9.59 Å². The number of benzene rings is 2. The van der Waals surface area contributed by atoms with E-state index in [4.69, 9.17) is 22.4 Å². The monoisotopic (exact) mass is 499 g/mol. The lowest BCUT2D eigenvalue weighted by atomic mass is 10.1. The van der Waals surface area contributed by atoms with Gasteiger partial charge in [0.25, 0.3) is 5.91 Å². The fourth-order valence-electron chi connectivity index (χ4n) is 2.95. The number of carboxylic acids is 1. The first-order valence-corrected chi connectivity index (χ1v) is 10.8. The van der Waals surface area contributed by atoms with Gasteiger partial charge in [-0.3, -0.25) is 14.5 Å². The van der Waals surface area contributed by atoms with Crippen molar-refractivity contribution in [2.24, 2.45) is 0 Å². The second kappa shape index (κ2) is 8.55. The molecule has 6 nitrogen and oxygen atoms in total. The maximum atomic E-state index is 12.7. The highest BCUT2D eigenvalue weighted by molar-refractivity contribution is 9.10. The van der Waals surface area contributed by atoms with Crippen LogP contribution < -0.4 is 0 Å². The van der Waals surface area contributed by atoms with Gasteiger partial charge in [0, 0.05) is 21.8 Å². The highest BCUT2D eigenvalue weighted by atomic mass is 79.9. The highest BCUT2D eigenvalue weighted by Gasteiger charge is 2.33. The van der Waals surface area contributed by atoms with Crippen LogP contribution in [-0.4, -0.2) is 42.5 Å². The SMILES string of the molecule is O=C(O)CN1C(=O)/C(=C\c2cn(-c3ccccc3)nc2-c2ccc(Br)cc2)SC1=S. The minimum atomic E-state index is -1.11. The van der Waals surface area contributed by atoms with E-state index in [1.54, 1.807) is 10.8 Å². The van der Waals surface area contributed by atoms with E-state index >= 15 is 0 Å². The number of carbonyl (C=O) groups is 2. The molecule has 1 N–H and O–H groups in total. The third kappa shape index (κ3) is 4.23. The number of aliphatic carboxylic acids is 1. The van der Waals surface area contributed by atoms with Gasteiger partial charge in [-0.2, -0.15) is 5.10 Å². The van der Waals surface area contributed by atoms with E-state index in [2.05, 4.69) is 15.9 Å². The third-order valence-corrected chi connectivity index (χ3v) is 6.24. The van der Waals surface area contributed by atoms with E-state index in [9.17, 15) is 9.59 Å². The molecule has 150 valence electrons. The van der Waals surface area contributed by atoms with Gasteiger partial charge < -0.3 is 5.11 Å². The van der Waals surface area contributed by atoms with E-state index < -0.39 is 18.4 Å². The molecule has 3 aromatic rings. The Hall–Kier alpha value is -2.75. The summed E-state index contributed by atoms with van der Waals surface area (Å²) < 4.78 is 2.93. The number of thiocarbonyl (C=S) groups is 1. The molecule has 4 rings (SSSR count). The normalized spacial score (nSPS) is 15.2. The fourth-order valence-corrected chi connectivity index (χ4v) is 4.46. The minimum Gasteiger partial charge on any atom is -0.480 e. The van der Waals surface area contributed by atoms with Crippen molar-refractivity contribution in [2.45, 2.75) is 0 Å². The number of rotatable bonds is 5. The molecule has 30 heavy (non-hydrogen) atoms. The smallest absolute Gasteiger partial charge is 0.323 e. The van der Waals surface area contributed by atoms with Gasteiger partial charge >= 0.3 is 5.97 Å². The molecule has 0 aliphatic carbocycles. The number of halogens is 1. The van der Waals surface area contributed by atoms with E-state index in [1.807, 2.05) is 60.8 Å². The number of carbonyl (C=O) groups excluding carboxylic acids is 1. The standard InChI is InChI=1S/C21H14BrN3O3S2/c22-15-8-6-13(7-9-15)19-14(11-25(23-19)16-4-2-1-3-5-16)10-17-20(28)24(12-18(26)27)21(29)30-17/h1-11H,12H2,(H,26,27)/b17-10+. The number of hydrogen-bond donors (Lipinski definition) is 1. The van der Waals surface area contributed by atoms with Gasteiger partial charge in [-0.1, -0.05) is 70.2 Å². The zero-order chi connectivity index (χ0) is 21.3. The summed E-state index contributed by atoms with van der Waals surface area (Å²) in [5, 5.41) is 13.8. The molecule has 1 aromatic heterocycles. The van der Waals surface area contributed by atoms with E-state index in [1.165, 1.54) is 0 Å². The Morgan fingerprint density at radius 2 is 1.87 bits per heavy atom. The number of aromatic nitrogens is 2. The van der Waals surface area contributed by atoms with Crippen LogP contribution in [0.15, 0.2) is 70.2 Å². The van der Waals surface area contributed by atoms with Crippen molar-refractivity contribution in [3.05, 3.63) is 75.7 Å². The molecule has 2 heterocycles. The van der Waals surface area contributed by atoms with E-state index in [0.717, 1.165) is 37.9 Å². The average Bonchev–Trinajstić information content (AvgIpc) is 3.26. The van der Waals surface area contributed by atoms with Crippen molar-refractivity contribution in [3.8, 4) is 16.9 Å². The highest BCUT2D eigenvalue weighted by Crippen LogP contribution is 2.35. The first-order chi connectivity index (χ1) is 14.4. The van der Waals surface area contributed by atoms with Gasteiger partial charge in [-0.25, -0.2) is 4.68 Å². The number of nitrogens with zero attached hydrogens (tertiary/aromatic N) is 3. The first kappa shape index (κ1) is 20.5. The Kier molecular flexibility index (Phi) is 5.85. The van der Waals surface area contributed by atoms with Crippen LogP contribution >= 0.6 is 39.9 Å². The predicted molar refractivity (Wildman–Crippen MR) is 124 cm³/mol. The molecule has 1 aliphatic heterocycles. The predicted octanol–water partition coefficient (Wildman–Crippen LogP) is 4.59. The lowest BCUT2D eigenvalue weighted by molar-refractivity contribution is -0.140. The molecule has 0 spiro atoms. The molecule has 2 aromatic carbocycles. The second-order valence-corrected chi connectivity index (χ2v) is 8.97. The largest absolute Gasteiger partial charge is 0.480 e. The van der Waals surface area contributed by atoms with Crippen LogP contribution in [0.2, 0.25) is 0 Å². The van der Waals surface area contributed by atoms with Crippen molar-refractivity contribution in [1.82, 2.24) is 14.7 Å². The Morgan fingerprint density at radius 3 is 2.53 bits per heavy atom. The molecule has 0 atom stereocenters. The van der Waals surface area contributed by atoms with Crippen molar-refractivity contribution >= 4 is 62.2 Å². The maximum Gasteiger partial charge on any atom is 0.323 e. The maximum absolute atomic E-state index is 12.7. The van der Waals surface area contributed by atoms with E-state index in [0.29, 0.717) is 10.6 Å². The van der Waals surface area contributed by atoms with Crippen LogP contribution in [0, 0.1) is 0 Å². The van der Waals surface area contributed by atoms with Crippen molar-refractivity contribution in [1.29, 1.82) is 0 Å².